The van der Waals surface area contributed by atoms with Gasteiger partial charge in [-0.3, -0.25) is 28.9 Å². The lowest BCUT2D eigenvalue weighted by Gasteiger charge is -2.25. The van der Waals surface area contributed by atoms with Crippen molar-refractivity contribution >= 4 is 41.3 Å². The zero-order chi connectivity index (χ0) is 34.3. The number of rotatable bonds is 18. The number of imide groups is 1. The third-order valence-electron chi connectivity index (χ3n) is 7.08. The molecule has 1 aromatic rings. The summed E-state index contributed by atoms with van der Waals surface area (Å²) in [4.78, 5) is 75.8. The molecule has 0 saturated heterocycles. The van der Waals surface area contributed by atoms with Crippen molar-refractivity contribution in [1.29, 1.82) is 0 Å². The Bertz CT molecular complexity index is 1220. The van der Waals surface area contributed by atoms with Gasteiger partial charge in [0.15, 0.2) is 0 Å². The fourth-order valence-electron chi connectivity index (χ4n) is 4.60. The van der Waals surface area contributed by atoms with Gasteiger partial charge in [-0.1, -0.05) is 32.4 Å². The summed E-state index contributed by atoms with van der Waals surface area (Å²) in [7, 11) is 0. The SMILES string of the molecule is CC(C)[C@H](NC(=O)CCCCCN1C(=O)C=CC1=O)C(=O)N[C@@H](CCCCNC(=O)OC(C)(C)C)C(=O)Nc1ccc(CO)cc1. The fourth-order valence-corrected chi connectivity index (χ4v) is 4.60. The van der Waals surface area contributed by atoms with Crippen molar-refractivity contribution in [2.24, 2.45) is 5.92 Å². The van der Waals surface area contributed by atoms with Crippen LogP contribution in [0.1, 0.15) is 85.1 Å². The van der Waals surface area contributed by atoms with Crippen molar-refractivity contribution in [2.75, 3.05) is 18.4 Å². The minimum absolute atomic E-state index is 0.134. The number of ether oxygens (including phenoxy) is 1. The van der Waals surface area contributed by atoms with Gasteiger partial charge in [-0.15, -0.1) is 0 Å². The van der Waals surface area contributed by atoms with Crippen molar-refractivity contribution in [3.05, 3.63) is 42.0 Å². The van der Waals surface area contributed by atoms with Gasteiger partial charge in [0.1, 0.15) is 17.7 Å². The van der Waals surface area contributed by atoms with Crippen LogP contribution in [0.2, 0.25) is 0 Å². The van der Waals surface area contributed by atoms with Gasteiger partial charge in [0.25, 0.3) is 11.8 Å². The van der Waals surface area contributed by atoms with Crippen LogP contribution in [0.4, 0.5) is 10.5 Å². The minimum atomic E-state index is -0.921. The summed E-state index contributed by atoms with van der Waals surface area (Å²) in [5.41, 5.74) is 0.561. The smallest absolute Gasteiger partial charge is 0.407 e. The molecule has 5 N–H and O–H groups in total. The molecule has 2 atom stereocenters. The summed E-state index contributed by atoms with van der Waals surface area (Å²) in [5, 5.41) is 20.3. The Balaban J connectivity index is 1.93. The van der Waals surface area contributed by atoms with E-state index in [1.54, 1.807) is 58.9 Å². The highest BCUT2D eigenvalue weighted by Crippen LogP contribution is 2.13. The van der Waals surface area contributed by atoms with Crippen LogP contribution >= 0.6 is 0 Å². The fraction of sp³-hybridized carbons (Fsp3) is 0.576. The number of aliphatic hydroxyl groups excluding tert-OH is 1. The number of amides is 6. The summed E-state index contributed by atoms with van der Waals surface area (Å²) < 4.78 is 5.23. The third kappa shape index (κ3) is 13.8. The molecule has 0 bridgehead atoms. The summed E-state index contributed by atoms with van der Waals surface area (Å²) >= 11 is 0. The van der Waals surface area contributed by atoms with E-state index in [4.69, 9.17) is 4.74 Å². The van der Waals surface area contributed by atoms with Gasteiger partial charge in [-0.05, 0) is 76.5 Å². The van der Waals surface area contributed by atoms with Crippen LogP contribution < -0.4 is 21.3 Å². The molecule has 0 spiro atoms. The lowest BCUT2D eigenvalue weighted by molar-refractivity contribution is -0.137. The number of anilines is 1. The van der Waals surface area contributed by atoms with Crippen molar-refractivity contribution < 1.29 is 38.6 Å². The van der Waals surface area contributed by atoms with E-state index in [1.165, 1.54) is 12.2 Å². The van der Waals surface area contributed by atoms with Gasteiger partial charge in [0, 0.05) is 37.3 Å². The molecule has 1 aliphatic rings. The number of nitrogens with one attached hydrogen (secondary N) is 4. The highest BCUT2D eigenvalue weighted by Gasteiger charge is 2.29. The number of hydrogen-bond donors (Lipinski definition) is 5. The monoisotopic (exact) mass is 643 g/mol. The summed E-state index contributed by atoms with van der Waals surface area (Å²) in [6, 6.07) is 4.86. The first-order valence-electron chi connectivity index (χ1n) is 15.8. The van der Waals surface area contributed by atoms with E-state index in [9.17, 15) is 33.9 Å². The number of benzene rings is 1. The number of nitrogens with zero attached hydrogens (tertiary/aromatic N) is 1. The molecule has 1 aromatic carbocycles. The first-order valence-corrected chi connectivity index (χ1v) is 15.8. The molecule has 46 heavy (non-hydrogen) atoms. The second-order valence-electron chi connectivity index (χ2n) is 12.6. The van der Waals surface area contributed by atoms with E-state index in [1.807, 2.05) is 0 Å². The van der Waals surface area contributed by atoms with Crippen LogP contribution in [0.3, 0.4) is 0 Å². The third-order valence-corrected chi connectivity index (χ3v) is 7.08. The maximum absolute atomic E-state index is 13.4. The topological polar surface area (TPSA) is 183 Å². The summed E-state index contributed by atoms with van der Waals surface area (Å²) in [6.45, 7) is 9.38. The van der Waals surface area contributed by atoms with Crippen LogP contribution in [0.5, 0.6) is 0 Å². The van der Waals surface area contributed by atoms with Crippen LogP contribution in [-0.4, -0.2) is 76.4 Å². The van der Waals surface area contributed by atoms with E-state index >= 15 is 0 Å². The number of carbonyl (C=O) groups excluding carboxylic acids is 6. The van der Waals surface area contributed by atoms with Gasteiger partial charge < -0.3 is 31.1 Å². The average Bonchev–Trinajstić information content (AvgIpc) is 3.30. The number of alkyl carbamates (subject to hydrolysis) is 1. The summed E-state index contributed by atoms with van der Waals surface area (Å²) in [6.07, 6.45) is 5.10. The average molecular weight is 644 g/mol. The zero-order valence-corrected chi connectivity index (χ0v) is 27.5. The number of carbonyl (C=O) groups is 6. The van der Waals surface area contributed by atoms with Gasteiger partial charge in [0.05, 0.1) is 6.61 Å². The highest BCUT2D eigenvalue weighted by molar-refractivity contribution is 6.12. The first-order chi connectivity index (χ1) is 21.7. The minimum Gasteiger partial charge on any atom is -0.444 e. The normalized spacial score (nSPS) is 14.2. The highest BCUT2D eigenvalue weighted by atomic mass is 16.6. The Morgan fingerprint density at radius 3 is 2.11 bits per heavy atom. The van der Waals surface area contributed by atoms with Crippen molar-refractivity contribution in [2.45, 2.75) is 104 Å². The Morgan fingerprint density at radius 1 is 0.870 bits per heavy atom. The predicted octanol–water partition coefficient (Wildman–Crippen LogP) is 2.92. The first kappa shape index (κ1) is 37.9. The lowest BCUT2D eigenvalue weighted by Crippen LogP contribution is -2.54. The van der Waals surface area contributed by atoms with Gasteiger partial charge >= 0.3 is 6.09 Å². The van der Waals surface area contributed by atoms with Gasteiger partial charge in [0.2, 0.25) is 17.7 Å². The van der Waals surface area contributed by atoms with E-state index in [-0.39, 0.29) is 49.6 Å². The van der Waals surface area contributed by atoms with Crippen molar-refractivity contribution in [3.63, 3.8) is 0 Å². The zero-order valence-electron chi connectivity index (χ0n) is 27.5. The lowest BCUT2D eigenvalue weighted by atomic mass is 10.0. The van der Waals surface area contributed by atoms with E-state index in [2.05, 4.69) is 21.3 Å². The molecule has 1 heterocycles. The van der Waals surface area contributed by atoms with Crippen LogP contribution in [-0.2, 0) is 35.3 Å². The van der Waals surface area contributed by atoms with Gasteiger partial charge in [-0.2, -0.15) is 0 Å². The second-order valence-corrected chi connectivity index (χ2v) is 12.6. The standard InChI is InChI=1S/C33H49N5O8/c1-22(2)29(37-26(40)12-7-6-10-20-38-27(41)17-18-28(38)42)31(44)36-25(11-8-9-19-34-32(45)46-33(3,4)5)30(43)35-24-15-13-23(21-39)14-16-24/h13-18,22,25,29,39H,6-12,19-21H2,1-5H3,(H,34,45)(H,35,43)(H,36,44)(H,37,40)/t25-,29-/m0/s1. The maximum atomic E-state index is 13.4. The van der Waals surface area contributed by atoms with Crippen LogP contribution in [0, 0.1) is 5.92 Å². The molecule has 1 aliphatic heterocycles. The molecule has 254 valence electrons. The molecule has 0 unspecified atom stereocenters. The number of unbranched alkanes of at least 4 members (excludes halogenated alkanes) is 3. The molecule has 0 aromatic heterocycles. The molecular weight excluding hydrogens is 594 g/mol. The molecule has 6 amide bonds. The maximum Gasteiger partial charge on any atom is 0.407 e. The molecule has 0 aliphatic carbocycles. The Hall–Kier alpha value is -4.26. The van der Waals surface area contributed by atoms with E-state index in [0.29, 0.717) is 49.9 Å². The summed E-state index contributed by atoms with van der Waals surface area (Å²) in [5.74, 6) is -2.19. The Kier molecular flexibility index (Phi) is 15.4. The van der Waals surface area contributed by atoms with Crippen LogP contribution in [0.15, 0.2) is 36.4 Å². The largest absolute Gasteiger partial charge is 0.444 e. The Morgan fingerprint density at radius 2 is 1.52 bits per heavy atom. The molecule has 0 saturated carbocycles. The molecular formula is C33H49N5O8. The molecule has 13 heteroatoms. The van der Waals surface area contributed by atoms with Crippen LogP contribution in [0.25, 0.3) is 0 Å². The van der Waals surface area contributed by atoms with Gasteiger partial charge in [-0.25, -0.2) is 4.79 Å². The molecule has 0 radical (unpaired) electrons. The second kappa shape index (κ2) is 18.6. The van der Waals surface area contributed by atoms with E-state index < -0.39 is 35.6 Å². The van der Waals surface area contributed by atoms with Crippen molar-refractivity contribution in [1.82, 2.24) is 20.9 Å². The Labute approximate surface area is 270 Å². The quantitative estimate of drug-likeness (QED) is 0.119. The predicted molar refractivity (Wildman–Crippen MR) is 172 cm³/mol. The molecule has 13 nitrogen and oxygen atoms in total. The number of hydrogen-bond acceptors (Lipinski definition) is 8. The number of aliphatic hydroxyl groups is 1. The molecule has 0 fully saturated rings. The van der Waals surface area contributed by atoms with E-state index in [0.717, 1.165) is 4.90 Å². The molecule has 2 rings (SSSR count). The van der Waals surface area contributed by atoms with Crippen molar-refractivity contribution in [3.8, 4) is 0 Å².